The van der Waals surface area contributed by atoms with E-state index in [1.54, 1.807) is 7.11 Å². The van der Waals surface area contributed by atoms with Crippen LogP contribution in [0.2, 0.25) is 0 Å². The van der Waals surface area contributed by atoms with Gasteiger partial charge in [-0.25, -0.2) is 4.98 Å². The summed E-state index contributed by atoms with van der Waals surface area (Å²) in [6.45, 7) is 2.97. The van der Waals surface area contributed by atoms with Gasteiger partial charge in [-0.15, -0.1) is 0 Å². The van der Waals surface area contributed by atoms with Gasteiger partial charge in [0.1, 0.15) is 5.75 Å². The van der Waals surface area contributed by atoms with Gasteiger partial charge in [-0.1, -0.05) is 30.3 Å². The van der Waals surface area contributed by atoms with Crippen molar-refractivity contribution in [3.05, 3.63) is 81.8 Å². The number of rotatable bonds is 7. The van der Waals surface area contributed by atoms with Gasteiger partial charge in [0.25, 0.3) is 11.3 Å². The zero-order valence-corrected chi connectivity index (χ0v) is 16.3. The Bertz CT molecular complexity index is 1200. The maximum absolute atomic E-state index is 12.4. The third-order valence-electron chi connectivity index (χ3n) is 4.51. The molecule has 0 radical (unpaired) electrons. The molecular formula is C21H22N6O2. The molecule has 2 aromatic heterocycles. The fraction of sp³-hybridized carbons (Fsp3) is 0.190. The molecule has 0 saturated heterocycles. The lowest BCUT2D eigenvalue weighted by Crippen LogP contribution is -2.17. The molecule has 0 aliphatic carbocycles. The van der Waals surface area contributed by atoms with Crippen LogP contribution < -0.4 is 20.9 Å². The number of aromatic amines is 1. The number of para-hydroxylation sites is 1. The number of hydrogen-bond donors (Lipinski definition) is 3. The van der Waals surface area contributed by atoms with Crippen LogP contribution in [-0.2, 0) is 13.1 Å². The molecule has 2 aromatic carbocycles. The number of H-pyrrole nitrogens is 1. The third kappa shape index (κ3) is 4.21. The minimum Gasteiger partial charge on any atom is -0.496 e. The Hall–Kier alpha value is -3.81. The highest BCUT2D eigenvalue weighted by atomic mass is 16.5. The number of benzene rings is 2. The van der Waals surface area contributed by atoms with Crippen molar-refractivity contribution < 1.29 is 4.74 Å². The lowest BCUT2D eigenvalue weighted by molar-refractivity contribution is 0.410. The van der Waals surface area contributed by atoms with E-state index >= 15 is 0 Å². The lowest BCUT2D eigenvalue weighted by atomic mass is 10.2. The Kier molecular flexibility index (Phi) is 5.15. The summed E-state index contributed by atoms with van der Waals surface area (Å²) >= 11 is 0. The summed E-state index contributed by atoms with van der Waals surface area (Å²) in [5, 5.41) is 9.39. The minimum atomic E-state index is -0.214. The van der Waals surface area contributed by atoms with E-state index in [1.165, 1.54) is 10.6 Å². The van der Waals surface area contributed by atoms with Gasteiger partial charge in [-0.3, -0.25) is 9.89 Å². The molecule has 29 heavy (non-hydrogen) atoms. The molecule has 2 heterocycles. The molecular weight excluding hydrogens is 368 g/mol. The van der Waals surface area contributed by atoms with E-state index in [0.717, 1.165) is 22.6 Å². The molecule has 0 saturated carbocycles. The van der Waals surface area contributed by atoms with Gasteiger partial charge >= 0.3 is 0 Å². The van der Waals surface area contributed by atoms with E-state index in [0.29, 0.717) is 30.5 Å². The van der Waals surface area contributed by atoms with Crippen LogP contribution in [0.1, 0.15) is 16.8 Å². The summed E-state index contributed by atoms with van der Waals surface area (Å²) in [6.07, 6.45) is 0. The van der Waals surface area contributed by atoms with Crippen LogP contribution in [-0.4, -0.2) is 26.7 Å². The largest absolute Gasteiger partial charge is 0.496 e. The zero-order chi connectivity index (χ0) is 20.2. The van der Waals surface area contributed by atoms with E-state index in [2.05, 4.69) is 25.7 Å². The number of nitrogens with one attached hydrogen (secondary N) is 3. The first-order chi connectivity index (χ1) is 14.1. The predicted octanol–water partition coefficient (Wildman–Crippen LogP) is 2.96. The average molecular weight is 390 g/mol. The van der Waals surface area contributed by atoms with Crippen LogP contribution >= 0.6 is 0 Å². The molecule has 0 aliphatic heterocycles. The maximum Gasteiger partial charge on any atom is 0.274 e. The summed E-state index contributed by atoms with van der Waals surface area (Å²) < 4.78 is 6.67. The van der Waals surface area contributed by atoms with E-state index < -0.39 is 0 Å². The highest BCUT2D eigenvalue weighted by Crippen LogP contribution is 2.18. The van der Waals surface area contributed by atoms with E-state index in [9.17, 15) is 4.79 Å². The van der Waals surface area contributed by atoms with Crippen LogP contribution in [0.3, 0.4) is 0 Å². The Balaban J connectivity index is 1.50. The van der Waals surface area contributed by atoms with Crippen molar-refractivity contribution in [2.24, 2.45) is 0 Å². The van der Waals surface area contributed by atoms with Gasteiger partial charge in [0.05, 0.1) is 19.3 Å². The zero-order valence-electron chi connectivity index (χ0n) is 16.3. The number of aromatic nitrogens is 4. The standard InChI is InChI=1S/C21H22N6O2/c1-14-6-5-8-16(10-14)22-13-17-11-19(28)27-21(24-17)25-20(26-27)23-12-15-7-3-4-9-18(15)29-2/h3-11,22H,12-13H2,1-2H3,(H2,23,24,25,26). The molecule has 148 valence electrons. The second-order valence-electron chi connectivity index (χ2n) is 6.68. The van der Waals surface area contributed by atoms with Crippen molar-refractivity contribution in [2.45, 2.75) is 20.0 Å². The van der Waals surface area contributed by atoms with Crippen LogP contribution in [0.4, 0.5) is 11.6 Å². The summed E-state index contributed by atoms with van der Waals surface area (Å²) in [5.41, 5.74) is 3.54. The van der Waals surface area contributed by atoms with Crippen molar-refractivity contribution in [2.75, 3.05) is 17.7 Å². The molecule has 8 heteroatoms. The molecule has 0 unspecified atom stereocenters. The first-order valence-electron chi connectivity index (χ1n) is 9.27. The van der Waals surface area contributed by atoms with Gasteiger partial charge in [0, 0.05) is 23.9 Å². The SMILES string of the molecule is COc1ccccc1CNc1nc2nc(CNc3cccc(C)c3)cc(=O)n2[nH]1. The molecule has 8 nitrogen and oxygen atoms in total. The van der Waals surface area contributed by atoms with Gasteiger partial charge in [0.15, 0.2) is 0 Å². The first-order valence-corrected chi connectivity index (χ1v) is 9.27. The molecule has 0 atom stereocenters. The molecule has 3 N–H and O–H groups in total. The molecule has 0 amide bonds. The highest BCUT2D eigenvalue weighted by molar-refractivity contribution is 5.46. The van der Waals surface area contributed by atoms with Crippen LogP contribution in [0.25, 0.3) is 5.78 Å². The number of aryl methyl sites for hydroxylation is 1. The first kappa shape index (κ1) is 18.5. The van der Waals surface area contributed by atoms with E-state index in [1.807, 2.05) is 55.5 Å². The Morgan fingerprint density at radius 3 is 2.72 bits per heavy atom. The fourth-order valence-corrected chi connectivity index (χ4v) is 3.07. The highest BCUT2D eigenvalue weighted by Gasteiger charge is 2.09. The number of methoxy groups -OCH3 is 1. The number of hydrogen-bond acceptors (Lipinski definition) is 6. The lowest BCUT2D eigenvalue weighted by Gasteiger charge is -2.08. The predicted molar refractivity (Wildman–Crippen MR) is 112 cm³/mol. The van der Waals surface area contributed by atoms with Gasteiger partial charge in [-0.05, 0) is 30.7 Å². The Labute approximate surface area is 167 Å². The van der Waals surface area contributed by atoms with Crippen LogP contribution in [0.15, 0.2) is 59.4 Å². The fourth-order valence-electron chi connectivity index (χ4n) is 3.07. The van der Waals surface area contributed by atoms with Gasteiger partial charge < -0.3 is 15.4 Å². The molecule has 0 spiro atoms. The summed E-state index contributed by atoms with van der Waals surface area (Å²) in [6, 6.07) is 17.3. The molecule has 4 rings (SSSR count). The van der Waals surface area contributed by atoms with Crippen LogP contribution in [0.5, 0.6) is 5.75 Å². The number of fused-ring (bicyclic) bond motifs is 1. The van der Waals surface area contributed by atoms with Crippen molar-refractivity contribution in [3.63, 3.8) is 0 Å². The second-order valence-corrected chi connectivity index (χ2v) is 6.68. The molecule has 0 fully saturated rings. The molecule has 0 bridgehead atoms. The van der Waals surface area contributed by atoms with Crippen molar-refractivity contribution in [1.29, 1.82) is 0 Å². The van der Waals surface area contributed by atoms with Gasteiger partial charge in [0.2, 0.25) is 5.95 Å². The Morgan fingerprint density at radius 2 is 1.90 bits per heavy atom. The summed E-state index contributed by atoms with van der Waals surface area (Å²) in [4.78, 5) is 21.3. The summed E-state index contributed by atoms with van der Waals surface area (Å²) in [7, 11) is 1.63. The average Bonchev–Trinajstić information content (AvgIpc) is 3.15. The normalized spacial score (nSPS) is 10.8. The van der Waals surface area contributed by atoms with E-state index in [-0.39, 0.29) is 5.56 Å². The van der Waals surface area contributed by atoms with Crippen molar-refractivity contribution in [1.82, 2.24) is 19.6 Å². The minimum absolute atomic E-state index is 0.214. The number of nitrogens with zero attached hydrogens (tertiary/aromatic N) is 3. The van der Waals surface area contributed by atoms with E-state index in [4.69, 9.17) is 4.74 Å². The second kappa shape index (κ2) is 8.05. The topological polar surface area (TPSA) is 96.3 Å². The quantitative estimate of drug-likeness (QED) is 0.449. The molecule has 4 aromatic rings. The van der Waals surface area contributed by atoms with Gasteiger partial charge in [-0.2, -0.15) is 9.50 Å². The Morgan fingerprint density at radius 1 is 1.03 bits per heavy atom. The monoisotopic (exact) mass is 390 g/mol. The molecule has 0 aliphatic rings. The number of anilines is 2. The van der Waals surface area contributed by atoms with Crippen LogP contribution in [0, 0.1) is 6.92 Å². The smallest absolute Gasteiger partial charge is 0.274 e. The summed E-state index contributed by atoms with van der Waals surface area (Å²) in [5.74, 6) is 1.57. The maximum atomic E-state index is 12.4. The number of ether oxygens (including phenoxy) is 1. The van der Waals surface area contributed by atoms with Crippen molar-refractivity contribution in [3.8, 4) is 5.75 Å². The third-order valence-corrected chi connectivity index (χ3v) is 4.51. The van der Waals surface area contributed by atoms with Crippen molar-refractivity contribution >= 4 is 17.4 Å².